The number of aryl methyl sites for hydroxylation is 1. The molecule has 1 aliphatic rings. The standard InChI is InChI=1S/C14H23N5OS2.HI/c1-10-12(22-9-19-10)13(20)16-5-6-17-14(15-2)18-8-11-4-3-7-21-11;/h9,11H,3-8H2,1-2H3,(H,16,20)(H2,15,17,18);1H. The largest absolute Gasteiger partial charge is 0.355 e. The number of thiazole rings is 1. The lowest BCUT2D eigenvalue weighted by Crippen LogP contribution is -2.43. The van der Waals surface area contributed by atoms with Crippen LogP contribution in [0, 0.1) is 6.92 Å². The molecule has 1 aromatic heterocycles. The van der Waals surface area contributed by atoms with Crippen LogP contribution in [0.5, 0.6) is 0 Å². The second kappa shape index (κ2) is 11.1. The van der Waals surface area contributed by atoms with Crippen molar-refractivity contribution in [3.63, 3.8) is 0 Å². The van der Waals surface area contributed by atoms with Gasteiger partial charge in [-0.1, -0.05) is 0 Å². The fourth-order valence-corrected chi connectivity index (χ4v) is 4.11. The van der Waals surface area contributed by atoms with Gasteiger partial charge < -0.3 is 16.0 Å². The van der Waals surface area contributed by atoms with E-state index in [1.807, 2.05) is 18.7 Å². The molecule has 0 aromatic carbocycles. The zero-order valence-electron chi connectivity index (χ0n) is 13.4. The number of rotatable bonds is 6. The van der Waals surface area contributed by atoms with E-state index in [0.717, 1.165) is 18.2 Å². The van der Waals surface area contributed by atoms with Crippen LogP contribution in [0.4, 0.5) is 0 Å². The Balaban J connectivity index is 0.00000264. The van der Waals surface area contributed by atoms with Gasteiger partial charge in [-0.15, -0.1) is 35.3 Å². The highest BCUT2D eigenvalue weighted by Gasteiger charge is 2.15. The lowest BCUT2D eigenvalue weighted by molar-refractivity contribution is 0.0957. The van der Waals surface area contributed by atoms with Gasteiger partial charge in [0.25, 0.3) is 5.91 Å². The Morgan fingerprint density at radius 3 is 2.78 bits per heavy atom. The van der Waals surface area contributed by atoms with Crippen LogP contribution >= 0.6 is 47.1 Å². The second-order valence-electron chi connectivity index (χ2n) is 5.04. The molecule has 1 amide bonds. The van der Waals surface area contributed by atoms with Gasteiger partial charge in [0, 0.05) is 31.9 Å². The zero-order valence-corrected chi connectivity index (χ0v) is 17.4. The second-order valence-corrected chi connectivity index (χ2v) is 7.30. The van der Waals surface area contributed by atoms with Crippen LogP contribution in [0.1, 0.15) is 28.2 Å². The molecule has 0 saturated carbocycles. The summed E-state index contributed by atoms with van der Waals surface area (Å²) in [5.74, 6) is 1.99. The molecule has 9 heteroatoms. The summed E-state index contributed by atoms with van der Waals surface area (Å²) in [6.07, 6.45) is 2.59. The minimum Gasteiger partial charge on any atom is -0.355 e. The van der Waals surface area contributed by atoms with Gasteiger partial charge in [0.2, 0.25) is 0 Å². The Hall–Kier alpha value is -0.550. The molecule has 23 heavy (non-hydrogen) atoms. The maximum absolute atomic E-state index is 11.9. The van der Waals surface area contributed by atoms with Crippen molar-refractivity contribution in [3.05, 3.63) is 16.1 Å². The summed E-state index contributed by atoms with van der Waals surface area (Å²) in [7, 11) is 1.76. The van der Waals surface area contributed by atoms with Gasteiger partial charge in [-0.25, -0.2) is 4.98 Å². The third kappa shape index (κ3) is 6.84. The highest BCUT2D eigenvalue weighted by molar-refractivity contribution is 14.0. The molecule has 1 aromatic rings. The summed E-state index contributed by atoms with van der Waals surface area (Å²) in [4.78, 5) is 20.9. The number of thioether (sulfide) groups is 1. The van der Waals surface area contributed by atoms with Crippen LogP contribution < -0.4 is 16.0 Å². The van der Waals surface area contributed by atoms with Gasteiger partial charge in [0.15, 0.2) is 5.96 Å². The average molecular weight is 469 g/mol. The third-order valence-electron chi connectivity index (χ3n) is 3.40. The Bertz CT molecular complexity index is 517. The fraction of sp³-hybridized carbons (Fsp3) is 0.643. The predicted octanol–water partition coefficient (Wildman–Crippen LogP) is 1.86. The Morgan fingerprint density at radius 1 is 1.39 bits per heavy atom. The van der Waals surface area contributed by atoms with Gasteiger partial charge in [-0.05, 0) is 25.5 Å². The topological polar surface area (TPSA) is 78.4 Å². The third-order valence-corrected chi connectivity index (χ3v) is 5.73. The smallest absolute Gasteiger partial charge is 0.263 e. The highest BCUT2D eigenvalue weighted by Crippen LogP contribution is 2.25. The van der Waals surface area contributed by atoms with Crippen LogP contribution in [0.2, 0.25) is 0 Å². The van der Waals surface area contributed by atoms with Crippen molar-refractivity contribution < 1.29 is 4.79 Å². The summed E-state index contributed by atoms with van der Waals surface area (Å²) in [6.45, 7) is 3.98. The van der Waals surface area contributed by atoms with Crippen LogP contribution in [-0.2, 0) is 0 Å². The number of carbonyl (C=O) groups excluding carboxylic acids is 1. The summed E-state index contributed by atoms with van der Waals surface area (Å²) < 4.78 is 0. The van der Waals surface area contributed by atoms with Gasteiger partial charge >= 0.3 is 0 Å². The van der Waals surface area contributed by atoms with E-state index in [1.54, 1.807) is 12.6 Å². The molecule has 0 radical (unpaired) electrons. The molecule has 2 heterocycles. The quantitative estimate of drug-likeness (QED) is 0.257. The van der Waals surface area contributed by atoms with Crippen LogP contribution in [0.3, 0.4) is 0 Å². The number of aliphatic imine (C=N–C) groups is 1. The highest BCUT2D eigenvalue weighted by atomic mass is 127. The lowest BCUT2D eigenvalue weighted by atomic mass is 10.2. The number of amides is 1. The summed E-state index contributed by atoms with van der Waals surface area (Å²) in [5, 5.41) is 10.1. The van der Waals surface area contributed by atoms with E-state index in [9.17, 15) is 4.79 Å². The van der Waals surface area contributed by atoms with Crippen LogP contribution in [0.15, 0.2) is 10.5 Å². The van der Waals surface area contributed by atoms with E-state index in [0.29, 0.717) is 23.2 Å². The van der Waals surface area contributed by atoms with Gasteiger partial charge in [0.1, 0.15) is 4.88 Å². The first-order valence-corrected chi connectivity index (χ1v) is 9.38. The molecule has 6 nitrogen and oxygen atoms in total. The number of nitrogens with zero attached hydrogens (tertiary/aromatic N) is 2. The molecule has 1 unspecified atom stereocenters. The van der Waals surface area contributed by atoms with Crippen molar-refractivity contribution in [1.29, 1.82) is 0 Å². The molecule has 0 aliphatic carbocycles. The number of hydrogen-bond donors (Lipinski definition) is 3. The summed E-state index contributed by atoms with van der Waals surface area (Å²) in [5.41, 5.74) is 2.47. The molecule has 1 fully saturated rings. The van der Waals surface area contributed by atoms with Crippen molar-refractivity contribution in [2.75, 3.05) is 32.4 Å². The Kier molecular flexibility index (Phi) is 9.88. The number of carbonyl (C=O) groups is 1. The van der Waals surface area contributed by atoms with Crippen molar-refractivity contribution >= 4 is 58.9 Å². The molecular formula is C14H24IN5OS2. The number of nitrogens with one attached hydrogen (secondary N) is 3. The first-order valence-electron chi connectivity index (χ1n) is 7.45. The molecule has 0 spiro atoms. The molecule has 0 bridgehead atoms. The number of hydrogen-bond acceptors (Lipinski definition) is 5. The normalized spacial score (nSPS) is 17.5. The van der Waals surface area contributed by atoms with E-state index in [-0.39, 0.29) is 29.9 Å². The Labute approximate surface area is 162 Å². The fourth-order valence-electron chi connectivity index (χ4n) is 2.19. The molecule has 1 aliphatic heterocycles. The maximum Gasteiger partial charge on any atom is 0.263 e. The summed E-state index contributed by atoms with van der Waals surface area (Å²) >= 11 is 3.39. The molecule has 1 atom stereocenters. The molecule has 2 rings (SSSR count). The Morgan fingerprint density at radius 2 is 2.17 bits per heavy atom. The molecule has 3 N–H and O–H groups in total. The number of guanidine groups is 1. The van der Waals surface area contributed by atoms with Gasteiger partial charge in [-0.3, -0.25) is 9.79 Å². The van der Waals surface area contributed by atoms with Crippen LogP contribution in [-0.4, -0.2) is 54.5 Å². The maximum atomic E-state index is 11.9. The van der Waals surface area contributed by atoms with E-state index >= 15 is 0 Å². The predicted molar refractivity (Wildman–Crippen MR) is 109 cm³/mol. The van der Waals surface area contributed by atoms with Crippen molar-refractivity contribution in [3.8, 4) is 0 Å². The van der Waals surface area contributed by atoms with Crippen molar-refractivity contribution in [1.82, 2.24) is 20.9 Å². The van der Waals surface area contributed by atoms with E-state index in [1.165, 1.54) is 29.9 Å². The molecular weight excluding hydrogens is 445 g/mol. The summed E-state index contributed by atoms with van der Waals surface area (Å²) in [6, 6.07) is 0. The average Bonchev–Trinajstić information content (AvgIpc) is 3.17. The monoisotopic (exact) mass is 469 g/mol. The zero-order chi connectivity index (χ0) is 15.8. The van der Waals surface area contributed by atoms with Crippen LogP contribution in [0.25, 0.3) is 0 Å². The van der Waals surface area contributed by atoms with E-state index in [4.69, 9.17) is 0 Å². The number of halogens is 1. The first kappa shape index (κ1) is 20.5. The van der Waals surface area contributed by atoms with Crippen molar-refractivity contribution in [2.45, 2.75) is 25.0 Å². The van der Waals surface area contributed by atoms with Crippen molar-refractivity contribution in [2.24, 2.45) is 4.99 Å². The lowest BCUT2D eigenvalue weighted by Gasteiger charge is -2.14. The van der Waals surface area contributed by atoms with Gasteiger partial charge in [-0.2, -0.15) is 11.8 Å². The molecule has 1 saturated heterocycles. The minimum absolute atomic E-state index is 0. The van der Waals surface area contributed by atoms with E-state index in [2.05, 4.69) is 25.9 Å². The first-order chi connectivity index (χ1) is 10.7. The number of aromatic nitrogens is 1. The SMILES string of the molecule is CN=C(NCCNC(=O)c1scnc1C)NCC1CCCS1.I. The molecule has 130 valence electrons. The minimum atomic E-state index is -0.0629. The van der Waals surface area contributed by atoms with Gasteiger partial charge in [0.05, 0.1) is 11.2 Å². The van der Waals surface area contributed by atoms with E-state index < -0.39 is 0 Å².